The van der Waals surface area contributed by atoms with Crippen molar-refractivity contribution in [3.63, 3.8) is 0 Å². The number of ether oxygens (including phenoxy) is 1. The van der Waals surface area contributed by atoms with Crippen molar-refractivity contribution in [1.29, 1.82) is 0 Å². The summed E-state index contributed by atoms with van der Waals surface area (Å²) < 4.78 is 18.9. The highest BCUT2D eigenvalue weighted by Crippen LogP contribution is 2.24. The summed E-state index contributed by atoms with van der Waals surface area (Å²) in [4.78, 5) is 0. The number of hydrogen-bond acceptors (Lipinski definition) is 2. The van der Waals surface area contributed by atoms with E-state index in [4.69, 9.17) is 16.3 Å². The van der Waals surface area contributed by atoms with Gasteiger partial charge in [-0.1, -0.05) is 25.0 Å². The number of halogens is 2. The highest BCUT2D eigenvalue weighted by molar-refractivity contribution is 6.21. The van der Waals surface area contributed by atoms with E-state index < -0.39 is 0 Å². The van der Waals surface area contributed by atoms with Crippen molar-refractivity contribution in [2.24, 2.45) is 0 Å². The van der Waals surface area contributed by atoms with Gasteiger partial charge in [0.2, 0.25) is 0 Å². The fourth-order valence-electron chi connectivity index (χ4n) is 2.41. The largest absolute Gasteiger partial charge is 0.494 e. The van der Waals surface area contributed by atoms with E-state index in [2.05, 4.69) is 5.32 Å². The molecule has 0 amide bonds. The van der Waals surface area contributed by atoms with Crippen molar-refractivity contribution in [2.45, 2.75) is 43.6 Å². The van der Waals surface area contributed by atoms with Crippen LogP contribution in [0.3, 0.4) is 0 Å². The van der Waals surface area contributed by atoms with Gasteiger partial charge in [-0.2, -0.15) is 0 Å². The van der Waals surface area contributed by atoms with Crippen LogP contribution >= 0.6 is 11.6 Å². The number of hydrogen-bond donors (Lipinski definition) is 1. The summed E-state index contributed by atoms with van der Waals surface area (Å²) in [6, 6.07) is 5.49. The van der Waals surface area contributed by atoms with Gasteiger partial charge in [-0.3, -0.25) is 0 Å². The zero-order valence-electron chi connectivity index (χ0n) is 10.6. The van der Waals surface area contributed by atoms with Gasteiger partial charge in [0.15, 0.2) is 11.6 Å². The lowest BCUT2D eigenvalue weighted by atomic mass is 9.95. The van der Waals surface area contributed by atoms with Gasteiger partial charge >= 0.3 is 0 Å². The van der Waals surface area contributed by atoms with E-state index in [1.165, 1.54) is 20.0 Å². The van der Waals surface area contributed by atoms with Crippen molar-refractivity contribution in [2.75, 3.05) is 7.11 Å². The summed E-state index contributed by atoms with van der Waals surface area (Å²) in [5.74, 6) is 0.00907. The van der Waals surface area contributed by atoms with E-state index in [0.717, 1.165) is 12.8 Å². The van der Waals surface area contributed by atoms with Gasteiger partial charge < -0.3 is 10.1 Å². The maximum atomic E-state index is 13.9. The maximum absolute atomic E-state index is 13.9. The molecule has 4 heteroatoms. The van der Waals surface area contributed by atoms with E-state index in [0.29, 0.717) is 17.9 Å². The van der Waals surface area contributed by atoms with E-state index in [1.54, 1.807) is 18.2 Å². The first-order valence-corrected chi connectivity index (χ1v) is 6.85. The Kier molecular flexibility index (Phi) is 4.84. The molecule has 1 aromatic rings. The van der Waals surface area contributed by atoms with Crippen molar-refractivity contribution in [3.05, 3.63) is 29.6 Å². The molecule has 100 valence electrons. The highest BCUT2D eigenvalue weighted by Gasteiger charge is 2.22. The Morgan fingerprint density at radius 1 is 1.39 bits per heavy atom. The third-order valence-corrected chi connectivity index (χ3v) is 4.02. The van der Waals surface area contributed by atoms with Gasteiger partial charge in [-0.25, -0.2) is 4.39 Å². The van der Waals surface area contributed by atoms with E-state index >= 15 is 0 Å². The molecule has 1 aromatic carbocycles. The van der Waals surface area contributed by atoms with E-state index in [-0.39, 0.29) is 17.2 Å². The summed E-state index contributed by atoms with van der Waals surface area (Å²) in [5, 5.41) is 3.51. The summed E-state index contributed by atoms with van der Waals surface area (Å²) in [5.41, 5.74) is 0.629. The molecule has 0 bridgehead atoms. The quantitative estimate of drug-likeness (QED) is 0.847. The minimum atomic E-state index is -0.283. The van der Waals surface area contributed by atoms with Crippen molar-refractivity contribution >= 4 is 11.6 Å². The molecular weight excluding hydrogens is 253 g/mol. The molecule has 0 aromatic heterocycles. The molecule has 1 N–H and O–H groups in total. The van der Waals surface area contributed by atoms with Crippen LogP contribution in [0.15, 0.2) is 18.2 Å². The second-order valence-electron chi connectivity index (χ2n) is 4.72. The number of alkyl halides is 1. The van der Waals surface area contributed by atoms with Crippen LogP contribution in [0.4, 0.5) is 4.39 Å². The lowest BCUT2D eigenvalue weighted by molar-refractivity contribution is 0.367. The normalized spacial score (nSPS) is 23.9. The van der Waals surface area contributed by atoms with Crippen LogP contribution in [0.5, 0.6) is 5.75 Å². The SMILES string of the molecule is COc1cccc(CNC2CCCCC2Cl)c1F. The second kappa shape index (κ2) is 6.39. The fourth-order valence-corrected chi connectivity index (χ4v) is 2.78. The average Bonchev–Trinajstić information content (AvgIpc) is 2.39. The lowest BCUT2D eigenvalue weighted by Gasteiger charge is -2.28. The number of methoxy groups -OCH3 is 1. The average molecular weight is 272 g/mol. The van der Waals surface area contributed by atoms with Crippen molar-refractivity contribution in [3.8, 4) is 5.75 Å². The fraction of sp³-hybridized carbons (Fsp3) is 0.571. The smallest absolute Gasteiger partial charge is 0.169 e. The Hall–Kier alpha value is -0.800. The lowest BCUT2D eigenvalue weighted by Crippen LogP contribution is -2.39. The summed E-state index contributed by atoms with van der Waals surface area (Å²) in [7, 11) is 1.48. The molecule has 0 heterocycles. The van der Waals surface area contributed by atoms with Crippen LogP contribution in [-0.4, -0.2) is 18.5 Å². The molecule has 1 fully saturated rings. The molecular formula is C14H19ClFNO. The molecule has 2 unspecified atom stereocenters. The second-order valence-corrected chi connectivity index (χ2v) is 5.28. The van der Waals surface area contributed by atoms with Crippen LogP contribution in [-0.2, 0) is 6.54 Å². The third-order valence-electron chi connectivity index (χ3n) is 3.50. The molecule has 0 spiro atoms. The predicted octanol–water partition coefficient (Wildman–Crippen LogP) is 3.47. The van der Waals surface area contributed by atoms with Crippen molar-refractivity contribution < 1.29 is 9.13 Å². The van der Waals surface area contributed by atoms with E-state index in [9.17, 15) is 4.39 Å². The minimum Gasteiger partial charge on any atom is -0.494 e. The van der Waals surface area contributed by atoms with Crippen LogP contribution in [0.1, 0.15) is 31.2 Å². The standard InChI is InChI=1S/C14H19ClFNO/c1-18-13-8-4-5-10(14(13)16)9-17-12-7-3-2-6-11(12)15/h4-5,8,11-12,17H,2-3,6-7,9H2,1H3. The monoisotopic (exact) mass is 271 g/mol. The van der Waals surface area contributed by atoms with Crippen LogP contribution in [0.25, 0.3) is 0 Å². The van der Waals surface area contributed by atoms with Gasteiger partial charge in [-0.15, -0.1) is 11.6 Å². The first kappa shape index (κ1) is 13.6. The van der Waals surface area contributed by atoms with E-state index in [1.807, 2.05) is 0 Å². The third kappa shape index (κ3) is 3.15. The van der Waals surface area contributed by atoms with Gasteiger partial charge in [0.25, 0.3) is 0 Å². The summed E-state index contributed by atoms with van der Waals surface area (Å²) in [6.07, 6.45) is 4.50. The van der Waals surface area contributed by atoms with Crippen molar-refractivity contribution in [1.82, 2.24) is 5.32 Å². The Bertz CT molecular complexity index is 399. The topological polar surface area (TPSA) is 21.3 Å². The molecule has 0 saturated heterocycles. The van der Waals surface area contributed by atoms with Crippen LogP contribution in [0.2, 0.25) is 0 Å². The zero-order chi connectivity index (χ0) is 13.0. The van der Waals surface area contributed by atoms with Crippen LogP contribution in [0, 0.1) is 5.82 Å². The molecule has 1 aliphatic carbocycles. The van der Waals surface area contributed by atoms with Crippen LogP contribution < -0.4 is 10.1 Å². The van der Waals surface area contributed by atoms with Gasteiger partial charge in [0.1, 0.15) is 0 Å². The number of rotatable bonds is 4. The molecule has 2 nitrogen and oxygen atoms in total. The molecule has 1 aliphatic rings. The molecule has 18 heavy (non-hydrogen) atoms. The first-order valence-electron chi connectivity index (χ1n) is 6.41. The van der Waals surface area contributed by atoms with Gasteiger partial charge in [0, 0.05) is 23.5 Å². The number of nitrogens with one attached hydrogen (secondary N) is 1. The minimum absolute atomic E-state index is 0.160. The molecule has 1 saturated carbocycles. The Morgan fingerprint density at radius 2 is 2.17 bits per heavy atom. The van der Waals surface area contributed by atoms with Gasteiger partial charge in [0.05, 0.1) is 7.11 Å². The Morgan fingerprint density at radius 3 is 2.89 bits per heavy atom. The molecule has 0 aliphatic heterocycles. The highest BCUT2D eigenvalue weighted by atomic mass is 35.5. The summed E-state index contributed by atoms with van der Waals surface area (Å²) in [6.45, 7) is 0.497. The Balaban J connectivity index is 1.97. The summed E-state index contributed by atoms with van der Waals surface area (Å²) >= 11 is 6.27. The first-order chi connectivity index (χ1) is 8.72. The number of benzene rings is 1. The molecule has 2 atom stereocenters. The zero-order valence-corrected chi connectivity index (χ0v) is 11.3. The predicted molar refractivity (Wildman–Crippen MR) is 71.7 cm³/mol. The molecule has 2 rings (SSSR count). The molecule has 0 radical (unpaired) electrons. The maximum Gasteiger partial charge on any atom is 0.169 e. The Labute approximate surface area is 112 Å². The van der Waals surface area contributed by atoms with Gasteiger partial charge in [-0.05, 0) is 18.9 Å².